The van der Waals surface area contributed by atoms with Crippen molar-refractivity contribution in [3.05, 3.63) is 54.2 Å². The summed E-state index contributed by atoms with van der Waals surface area (Å²) in [5.41, 5.74) is 3.01. The number of fused-ring (bicyclic) bond motifs is 1. The Balaban J connectivity index is 1.33. The van der Waals surface area contributed by atoms with Gasteiger partial charge >= 0.3 is 0 Å². The molecule has 0 spiro atoms. The largest absolute Gasteiger partial charge is 0.497 e. The molecule has 2 heterocycles. The first-order valence-electron chi connectivity index (χ1n) is 9.90. The summed E-state index contributed by atoms with van der Waals surface area (Å²) in [5, 5.41) is 8.40. The third-order valence-electron chi connectivity index (χ3n) is 5.12. The maximum absolute atomic E-state index is 12.4. The molecule has 7 heteroatoms. The molecule has 1 aliphatic rings. The topological polar surface area (TPSA) is 68.6 Å². The lowest BCUT2D eigenvalue weighted by Crippen LogP contribution is -2.35. The summed E-state index contributed by atoms with van der Waals surface area (Å²) < 4.78 is 12.5. The highest BCUT2D eigenvalue weighted by atomic mass is 16.5. The van der Waals surface area contributed by atoms with Crippen LogP contribution in [0.3, 0.4) is 0 Å². The second-order valence-electron chi connectivity index (χ2n) is 7.18. The summed E-state index contributed by atoms with van der Waals surface area (Å²) in [6, 6.07) is 13.9. The van der Waals surface area contributed by atoms with Crippen molar-refractivity contribution in [2.45, 2.75) is 19.5 Å². The van der Waals surface area contributed by atoms with E-state index in [9.17, 15) is 4.79 Å². The van der Waals surface area contributed by atoms with Crippen LogP contribution in [0.5, 0.6) is 5.75 Å². The van der Waals surface area contributed by atoms with Crippen molar-refractivity contribution in [3.8, 4) is 5.75 Å². The molecule has 1 fully saturated rings. The van der Waals surface area contributed by atoms with Gasteiger partial charge in [-0.3, -0.25) is 14.4 Å². The van der Waals surface area contributed by atoms with Gasteiger partial charge in [-0.15, -0.1) is 0 Å². The van der Waals surface area contributed by atoms with Crippen LogP contribution < -0.4 is 10.1 Å². The number of hydrogen-bond acceptors (Lipinski definition) is 5. The van der Waals surface area contributed by atoms with Crippen molar-refractivity contribution in [1.29, 1.82) is 0 Å². The first-order chi connectivity index (χ1) is 14.2. The van der Waals surface area contributed by atoms with E-state index in [0.29, 0.717) is 13.0 Å². The van der Waals surface area contributed by atoms with Gasteiger partial charge in [-0.05, 0) is 35.9 Å². The zero-order valence-corrected chi connectivity index (χ0v) is 16.6. The van der Waals surface area contributed by atoms with Crippen molar-refractivity contribution in [2.24, 2.45) is 0 Å². The Hall–Kier alpha value is -2.90. The first kappa shape index (κ1) is 19.4. The Morgan fingerprint density at radius 1 is 1.21 bits per heavy atom. The predicted octanol–water partition coefficient (Wildman–Crippen LogP) is 2.91. The van der Waals surface area contributed by atoms with Gasteiger partial charge in [0, 0.05) is 37.1 Å². The van der Waals surface area contributed by atoms with Gasteiger partial charge in [0.2, 0.25) is 5.91 Å². The Kier molecular flexibility index (Phi) is 6.07. The highest BCUT2D eigenvalue weighted by Gasteiger charge is 2.12. The molecule has 4 rings (SSSR count). The number of carbonyl (C=O) groups excluding carboxylic acids is 1. The highest BCUT2D eigenvalue weighted by molar-refractivity contribution is 5.90. The van der Waals surface area contributed by atoms with Crippen LogP contribution in [0.4, 0.5) is 5.69 Å². The van der Waals surface area contributed by atoms with E-state index in [-0.39, 0.29) is 5.91 Å². The van der Waals surface area contributed by atoms with Gasteiger partial charge < -0.3 is 14.8 Å². The quantitative estimate of drug-likeness (QED) is 0.667. The van der Waals surface area contributed by atoms with Crippen molar-refractivity contribution in [2.75, 3.05) is 38.7 Å². The summed E-state index contributed by atoms with van der Waals surface area (Å²) in [4.78, 5) is 14.8. The van der Waals surface area contributed by atoms with E-state index in [1.54, 1.807) is 13.3 Å². The van der Waals surface area contributed by atoms with Crippen LogP contribution in [0.1, 0.15) is 12.0 Å². The summed E-state index contributed by atoms with van der Waals surface area (Å²) in [6.45, 7) is 4.85. The number of nitrogens with zero attached hydrogens (tertiary/aromatic N) is 3. The zero-order chi connectivity index (χ0) is 20.1. The lowest BCUT2D eigenvalue weighted by Gasteiger charge is -2.26. The maximum Gasteiger partial charge on any atom is 0.226 e. The van der Waals surface area contributed by atoms with Crippen molar-refractivity contribution >= 4 is 22.5 Å². The number of anilines is 1. The molecular weight excluding hydrogens is 368 g/mol. The van der Waals surface area contributed by atoms with Gasteiger partial charge in [0.15, 0.2) is 0 Å². The van der Waals surface area contributed by atoms with Gasteiger partial charge in [-0.1, -0.05) is 12.1 Å². The maximum atomic E-state index is 12.4. The molecule has 0 bridgehead atoms. The number of benzene rings is 2. The highest BCUT2D eigenvalue weighted by Crippen LogP contribution is 2.20. The fourth-order valence-corrected chi connectivity index (χ4v) is 3.57. The number of nitrogens with one attached hydrogen (secondary N) is 1. The molecule has 29 heavy (non-hydrogen) atoms. The van der Waals surface area contributed by atoms with Crippen molar-refractivity contribution in [3.63, 3.8) is 0 Å². The SMILES string of the molecule is COc1ccc2c(cnn2CCC(=O)Nc2cccc(CN3CCOCC3)c2)c1. The van der Waals surface area contributed by atoms with Gasteiger partial charge in [0.1, 0.15) is 5.75 Å². The molecule has 3 aromatic rings. The lowest BCUT2D eigenvalue weighted by atomic mass is 10.1. The minimum absolute atomic E-state index is 0.0225. The number of morpholine rings is 1. The van der Waals surface area contributed by atoms with E-state index >= 15 is 0 Å². The molecule has 0 saturated carbocycles. The molecule has 1 aliphatic heterocycles. The molecule has 1 amide bonds. The third kappa shape index (κ3) is 4.93. The molecule has 2 aromatic carbocycles. The number of amides is 1. The fourth-order valence-electron chi connectivity index (χ4n) is 3.57. The summed E-state index contributed by atoms with van der Waals surface area (Å²) in [7, 11) is 1.64. The zero-order valence-electron chi connectivity index (χ0n) is 16.6. The first-order valence-corrected chi connectivity index (χ1v) is 9.90. The predicted molar refractivity (Wildman–Crippen MR) is 112 cm³/mol. The summed E-state index contributed by atoms with van der Waals surface area (Å²) >= 11 is 0. The van der Waals surface area contributed by atoms with Crippen LogP contribution in [0, 0.1) is 0 Å². The molecule has 1 aromatic heterocycles. The third-order valence-corrected chi connectivity index (χ3v) is 5.12. The Morgan fingerprint density at radius 3 is 2.90 bits per heavy atom. The molecule has 152 valence electrons. The van der Waals surface area contributed by atoms with Crippen LogP contribution >= 0.6 is 0 Å². The van der Waals surface area contributed by atoms with Gasteiger partial charge in [0.25, 0.3) is 0 Å². The number of aromatic nitrogens is 2. The second-order valence-corrected chi connectivity index (χ2v) is 7.18. The number of methoxy groups -OCH3 is 1. The summed E-state index contributed by atoms with van der Waals surface area (Å²) in [5.74, 6) is 0.775. The van der Waals surface area contributed by atoms with Crippen LogP contribution in [0.25, 0.3) is 10.9 Å². The average Bonchev–Trinajstić information content (AvgIpc) is 3.15. The minimum Gasteiger partial charge on any atom is -0.497 e. The Morgan fingerprint density at radius 2 is 2.07 bits per heavy atom. The normalized spacial score (nSPS) is 14.8. The molecule has 1 N–H and O–H groups in total. The summed E-state index contributed by atoms with van der Waals surface area (Å²) in [6.07, 6.45) is 2.15. The van der Waals surface area contributed by atoms with Crippen LogP contribution in [-0.4, -0.2) is 54.0 Å². The van der Waals surface area contributed by atoms with Gasteiger partial charge in [-0.2, -0.15) is 5.10 Å². The van der Waals surface area contributed by atoms with E-state index in [1.807, 2.05) is 41.1 Å². The number of ether oxygens (including phenoxy) is 2. The molecule has 0 radical (unpaired) electrons. The number of hydrogen-bond donors (Lipinski definition) is 1. The van der Waals surface area contributed by atoms with Gasteiger partial charge in [-0.25, -0.2) is 0 Å². The van der Waals surface area contributed by atoms with Crippen LogP contribution in [-0.2, 0) is 22.6 Å². The van der Waals surface area contributed by atoms with Crippen molar-refractivity contribution < 1.29 is 14.3 Å². The van der Waals surface area contributed by atoms with Crippen LogP contribution in [0.2, 0.25) is 0 Å². The molecule has 0 unspecified atom stereocenters. The van der Waals surface area contributed by atoms with Crippen molar-refractivity contribution in [1.82, 2.24) is 14.7 Å². The number of carbonyl (C=O) groups is 1. The molecular formula is C22H26N4O3. The fraction of sp³-hybridized carbons (Fsp3) is 0.364. The molecule has 0 atom stereocenters. The van der Waals surface area contributed by atoms with E-state index in [2.05, 4.69) is 21.4 Å². The van der Waals surface area contributed by atoms with Gasteiger partial charge in [0.05, 0.1) is 38.6 Å². The van der Waals surface area contributed by atoms with E-state index in [4.69, 9.17) is 9.47 Å². The number of rotatable bonds is 7. The van der Waals surface area contributed by atoms with E-state index < -0.39 is 0 Å². The standard InChI is InChI=1S/C22H26N4O3/c1-28-20-5-6-21-18(14-20)15-23-26(21)8-7-22(27)24-19-4-2-3-17(13-19)16-25-9-11-29-12-10-25/h2-6,13-15H,7-12,16H2,1H3,(H,24,27). The number of aryl methyl sites for hydroxylation is 1. The smallest absolute Gasteiger partial charge is 0.226 e. The molecule has 0 aliphatic carbocycles. The Labute approximate surface area is 170 Å². The van der Waals surface area contributed by atoms with Crippen LogP contribution in [0.15, 0.2) is 48.7 Å². The lowest BCUT2D eigenvalue weighted by molar-refractivity contribution is -0.116. The minimum atomic E-state index is -0.0225. The molecule has 7 nitrogen and oxygen atoms in total. The van der Waals surface area contributed by atoms with E-state index in [0.717, 1.165) is 55.2 Å². The monoisotopic (exact) mass is 394 g/mol. The molecule has 1 saturated heterocycles. The second kappa shape index (κ2) is 9.07. The Bertz CT molecular complexity index is 979. The average molecular weight is 394 g/mol. The van der Waals surface area contributed by atoms with E-state index in [1.165, 1.54) is 5.56 Å².